The van der Waals surface area contributed by atoms with E-state index in [1.165, 1.54) is 0 Å². The summed E-state index contributed by atoms with van der Waals surface area (Å²) in [7, 11) is -1.12. The molecule has 1 unspecified atom stereocenters. The summed E-state index contributed by atoms with van der Waals surface area (Å²) in [6, 6.07) is 14.9. The minimum Gasteiger partial charge on any atom is -0.283 e. The number of sulfone groups is 1. The van der Waals surface area contributed by atoms with Crippen molar-refractivity contribution < 1.29 is 8.42 Å². The Morgan fingerprint density at radius 1 is 1.16 bits per heavy atom. The van der Waals surface area contributed by atoms with E-state index in [-0.39, 0.29) is 23.1 Å². The van der Waals surface area contributed by atoms with Gasteiger partial charge in [0.1, 0.15) is 0 Å². The molecule has 166 valence electrons. The predicted octanol–water partition coefficient (Wildman–Crippen LogP) is 2.55. The van der Waals surface area contributed by atoms with Gasteiger partial charge < -0.3 is 0 Å². The van der Waals surface area contributed by atoms with Crippen LogP contribution >= 0.6 is 12.2 Å². The largest absolute Gasteiger partial charge is 0.283 e. The fourth-order valence-corrected chi connectivity index (χ4v) is 6.47. The summed E-state index contributed by atoms with van der Waals surface area (Å²) in [6.07, 6.45) is 0.594. The lowest BCUT2D eigenvalue weighted by Crippen LogP contribution is -2.34. The third-order valence-electron chi connectivity index (χ3n) is 6.15. The maximum Gasteiger partial charge on any atom is 0.267 e. The van der Waals surface area contributed by atoms with Crippen molar-refractivity contribution >= 4 is 38.7 Å². The van der Waals surface area contributed by atoms with Crippen LogP contribution in [0.3, 0.4) is 0 Å². The predicted molar refractivity (Wildman–Crippen MR) is 127 cm³/mol. The topological polar surface area (TPSA) is 81.6 Å². The third-order valence-corrected chi connectivity index (χ3v) is 8.29. The first-order chi connectivity index (χ1) is 15.3. The zero-order chi connectivity index (χ0) is 22.6. The highest BCUT2D eigenvalue weighted by molar-refractivity contribution is 7.91. The number of hydrogen-bond acceptors (Lipinski definition) is 6. The Labute approximate surface area is 190 Å². The second kappa shape index (κ2) is 7.65. The summed E-state index contributed by atoms with van der Waals surface area (Å²) in [5.74, 6) is 0.775. The zero-order valence-corrected chi connectivity index (χ0v) is 19.4. The van der Waals surface area contributed by atoms with Gasteiger partial charge in [0.05, 0.1) is 34.8 Å². The fourth-order valence-electron chi connectivity index (χ4n) is 4.39. The van der Waals surface area contributed by atoms with Crippen LogP contribution in [0.25, 0.3) is 22.4 Å². The Hall–Kier alpha value is -2.82. The molecule has 32 heavy (non-hydrogen) atoms. The van der Waals surface area contributed by atoms with Crippen LogP contribution in [0.5, 0.6) is 0 Å². The summed E-state index contributed by atoms with van der Waals surface area (Å²) in [4.78, 5) is 15.5. The minimum absolute atomic E-state index is 0.0815. The van der Waals surface area contributed by atoms with Crippen molar-refractivity contribution in [3.05, 3.63) is 69.2 Å². The van der Waals surface area contributed by atoms with Gasteiger partial charge in [0, 0.05) is 6.04 Å². The van der Waals surface area contributed by atoms with Crippen molar-refractivity contribution in [1.82, 2.24) is 23.6 Å². The van der Waals surface area contributed by atoms with E-state index in [1.807, 2.05) is 65.7 Å². The molecule has 1 saturated heterocycles. The minimum atomic E-state index is -3.00. The van der Waals surface area contributed by atoms with Crippen LogP contribution in [0.2, 0.25) is 0 Å². The first-order valence-electron chi connectivity index (χ1n) is 10.4. The number of para-hydroxylation sites is 2. The smallest absolute Gasteiger partial charge is 0.267 e. The van der Waals surface area contributed by atoms with E-state index in [1.54, 1.807) is 15.3 Å². The molecule has 1 aliphatic rings. The second-order valence-electron chi connectivity index (χ2n) is 8.32. The van der Waals surface area contributed by atoms with Gasteiger partial charge in [-0.3, -0.25) is 14.1 Å². The number of hydrogen-bond donors (Lipinski definition) is 0. The molecular weight excluding hydrogens is 446 g/mol. The summed E-state index contributed by atoms with van der Waals surface area (Å²) in [5.41, 5.74) is 2.22. The average Bonchev–Trinajstić information content (AvgIpc) is 3.29. The average molecular weight is 470 g/mol. The molecule has 2 aromatic heterocycles. The molecule has 0 bridgehead atoms. The van der Waals surface area contributed by atoms with Gasteiger partial charge in [-0.25, -0.2) is 17.7 Å². The molecule has 8 nitrogen and oxygen atoms in total. The number of fused-ring (bicyclic) bond motifs is 3. The van der Waals surface area contributed by atoms with Crippen LogP contribution in [-0.4, -0.2) is 56.7 Å². The zero-order valence-electron chi connectivity index (χ0n) is 17.8. The van der Waals surface area contributed by atoms with Gasteiger partial charge in [-0.05, 0) is 56.4 Å². The Morgan fingerprint density at radius 2 is 1.88 bits per heavy atom. The van der Waals surface area contributed by atoms with E-state index >= 15 is 0 Å². The molecule has 0 aliphatic carbocycles. The molecule has 3 heterocycles. The summed E-state index contributed by atoms with van der Waals surface area (Å²) in [6.45, 7) is 2.28. The lowest BCUT2D eigenvalue weighted by atomic mass is 10.2. The number of nitrogens with zero attached hydrogens (tertiary/aromatic N) is 5. The van der Waals surface area contributed by atoms with Crippen molar-refractivity contribution in [2.24, 2.45) is 0 Å². The standard InChI is InChI=1S/C22H23N5O3S2/c1-15-7-3-5-9-18(15)26-20(28)17-8-4-6-10-19(17)27-21(26)23-25(22(27)31)14-24(2)16-11-12-32(29,30)13-16/h3-10,16H,11-14H2,1-2H3. The summed E-state index contributed by atoms with van der Waals surface area (Å²) >= 11 is 5.78. The molecule has 0 N–H and O–H groups in total. The quantitative estimate of drug-likeness (QED) is 0.427. The normalized spacial score (nSPS) is 18.2. The van der Waals surface area contributed by atoms with E-state index in [0.29, 0.717) is 34.5 Å². The SMILES string of the molecule is Cc1ccccc1-n1c(=O)c2ccccc2n2c(=S)n(CN(C)C3CCS(=O)(=O)C3)nc12. The lowest BCUT2D eigenvalue weighted by molar-refractivity contribution is 0.197. The highest BCUT2D eigenvalue weighted by Gasteiger charge is 2.31. The van der Waals surface area contributed by atoms with Gasteiger partial charge in [-0.15, -0.1) is 5.10 Å². The molecule has 0 saturated carbocycles. The Morgan fingerprint density at radius 3 is 2.59 bits per heavy atom. The van der Waals surface area contributed by atoms with Crippen molar-refractivity contribution in [2.45, 2.75) is 26.1 Å². The molecular formula is C22H23N5O3S2. The van der Waals surface area contributed by atoms with Gasteiger partial charge in [0.25, 0.3) is 5.56 Å². The third kappa shape index (κ3) is 3.39. The van der Waals surface area contributed by atoms with Crippen LogP contribution < -0.4 is 5.56 Å². The van der Waals surface area contributed by atoms with E-state index in [0.717, 1.165) is 11.3 Å². The highest BCUT2D eigenvalue weighted by atomic mass is 32.2. The first kappa shape index (κ1) is 21.0. The molecule has 10 heteroatoms. The van der Waals surface area contributed by atoms with Crippen molar-refractivity contribution in [2.75, 3.05) is 18.6 Å². The van der Waals surface area contributed by atoms with Gasteiger partial charge >= 0.3 is 0 Å². The van der Waals surface area contributed by atoms with Crippen LogP contribution in [0, 0.1) is 11.7 Å². The maximum atomic E-state index is 13.5. The van der Waals surface area contributed by atoms with E-state index in [4.69, 9.17) is 17.3 Å². The van der Waals surface area contributed by atoms with E-state index in [2.05, 4.69) is 0 Å². The molecule has 1 fully saturated rings. The van der Waals surface area contributed by atoms with Gasteiger partial charge in [-0.2, -0.15) is 0 Å². The van der Waals surface area contributed by atoms with Crippen LogP contribution in [0.1, 0.15) is 12.0 Å². The molecule has 1 aliphatic heterocycles. The van der Waals surface area contributed by atoms with Gasteiger partial charge in [0.15, 0.2) is 9.84 Å². The molecule has 0 spiro atoms. The summed E-state index contributed by atoms with van der Waals surface area (Å²) < 4.78 is 29.4. The molecule has 4 aromatic rings. The second-order valence-corrected chi connectivity index (χ2v) is 10.9. The number of benzene rings is 2. The van der Waals surface area contributed by atoms with Crippen LogP contribution in [-0.2, 0) is 16.5 Å². The molecule has 1 atom stereocenters. The van der Waals surface area contributed by atoms with Gasteiger partial charge in [0.2, 0.25) is 10.5 Å². The van der Waals surface area contributed by atoms with Crippen LogP contribution in [0.4, 0.5) is 0 Å². The number of aromatic nitrogens is 4. The lowest BCUT2D eigenvalue weighted by Gasteiger charge is -2.22. The van der Waals surface area contributed by atoms with Crippen molar-refractivity contribution in [1.29, 1.82) is 0 Å². The molecule has 2 aromatic carbocycles. The molecule has 5 rings (SSSR count). The van der Waals surface area contributed by atoms with E-state index in [9.17, 15) is 13.2 Å². The van der Waals surface area contributed by atoms with Crippen molar-refractivity contribution in [3.63, 3.8) is 0 Å². The Balaban J connectivity index is 1.73. The molecule has 0 amide bonds. The maximum absolute atomic E-state index is 13.5. The summed E-state index contributed by atoms with van der Waals surface area (Å²) in [5, 5.41) is 5.29. The van der Waals surface area contributed by atoms with Crippen molar-refractivity contribution in [3.8, 4) is 5.69 Å². The van der Waals surface area contributed by atoms with E-state index < -0.39 is 9.84 Å². The Kier molecular flexibility index (Phi) is 5.03. The monoisotopic (exact) mass is 469 g/mol. The van der Waals surface area contributed by atoms with Gasteiger partial charge in [-0.1, -0.05) is 30.3 Å². The fraction of sp³-hybridized carbons (Fsp3) is 0.318. The molecule has 0 radical (unpaired) electrons. The number of aryl methyl sites for hydroxylation is 1. The first-order valence-corrected chi connectivity index (χ1v) is 12.6. The Bertz CT molecular complexity index is 1580. The number of rotatable bonds is 4. The highest BCUT2D eigenvalue weighted by Crippen LogP contribution is 2.21. The van der Waals surface area contributed by atoms with Crippen LogP contribution in [0.15, 0.2) is 53.3 Å².